The summed E-state index contributed by atoms with van der Waals surface area (Å²) in [6.45, 7) is 2.20. The molecule has 0 saturated heterocycles. The van der Waals surface area contributed by atoms with Crippen LogP contribution in [0.1, 0.15) is 37.5 Å². The average molecular weight is 231 g/mol. The van der Waals surface area contributed by atoms with Crippen molar-refractivity contribution in [2.45, 2.75) is 38.2 Å². The van der Waals surface area contributed by atoms with Gasteiger partial charge in [-0.3, -0.25) is 0 Å². The largest absolute Gasteiger partial charge is 0.384 e. The molecule has 2 atom stereocenters. The number of aliphatic hydroxyl groups is 1. The zero-order valence-corrected chi connectivity index (χ0v) is 9.87. The van der Waals surface area contributed by atoms with Crippen LogP contribution in [0.3, 0.4) is 0 Å². The lowest BCUT2D eigenvalue weighted by molar-refractivity contribution is -0.0145. The van der Waals surface area contributed by atoms with Gasteiger partial charge >= 0.3 is 0 Å². The second kappa shape index (κ2) is 3.84. The molecule has 1 nitrogen and oxygen atoms in total. The summed E-state index contributed by atoms with van der Waals surface area (Å²) in [5, 5.41) is 13.2. The molecule has 1 aromatic heterocycles. The van der Waals surface area contributed by atoms with Crippen LogP contribution in [0.2, 0.25) is 5.02 Å². The molecule has 0 bridgehead atoms. The van der Waals surface area contributed by atoms with Gasteiger partial charge in [-0.15, -0.1) is 11.3 Å². The van der Waals surface area contributed by atoms with Crippen LogP contribution in [0.25, 0.3) is 0 Å². The highest BCUT2D eigenvalue weighted by molar-refractivity contribution is 7.10. The van der Waals surface area contributed by atoms with Crippen molar-refractivity contribution < 1.29 is 5.11 Å². The highest BCUT2D eigenvalue weighted by Crippen LogP contribution is 2.44. The first-order valence-corrected chi connectivity index (χ1v) is 6.33. The summed E-state index contributed by atoms with van der Waals surface area (Å²) in [4.78, 5) is 0.964. The standard InChI is InChI=1S/C11H15ClOS/c1-8-3-2-5-11(13,7-8)10-9(12)4-6-14-10/h4,6,8,13H,2-3,5,7H2,1H3. The number of halogens is 1. The normalized spacial score (nSPS) is 33.2. The van der Waals surface area contributed by atoms with E-state index in [1.165, 1.54) is 6.42 Å². The van der Waals surface area contributed by atoms with Gasteiger partial charge in [0.05, 0.1) is 9.90 Å². The van der Waals surface area contributed by atoms with Crippen LogP contribution < -0.4 is 0 Å². The van der Waals surface area contributed by atoms with Crippen molar-refractivity contribution in [3.63, 3.8) is 0 Å². The zero-order chi connectivity index (χ0) is 10.2. The van der Waals surface area contributed by atoms with E-state index in [-0.39, 0.29) is 0 Å². The SMILES string of the molecule is CC1CCCC(O)(c2sccc2Cl)C1. The van der Waals surface area contributed by atoms with E-state index in [4.69, 9.17) is 11.6 Å². The molecule has 1 saturated carbocycles. The predicted octanol–water partition coefficient (Wildman–Crippen LogP) is 3.80. The lowest BCUT2D eigenvalue weighted by Gasteiger charge is -2.35. The van der Waals surface area contributed by atoms with Gasteiger partial charge in [-0.05, 0) is 36.6 Å². The molecule has 1 aromatic rings. The van der Waals surface area contributed by atoms with E-state index < -0.39 is 5.60 Å². The van der Waals surface area contributed by atoms with Crippen molar-refractivity contribution in [3.05, 3.63) is 21.3 Å². The molecular weight excluding hydrogens is 216 g/mol. The topological polar surface area (TPSA) is 20.2 Å². The minimum Gasteiger partial charge on any atom is -0.384 e. The van der Waals surface area contributed by atoms with Crippen LogP contribution in [-0.4, -0.2) is 5.11 Å². The summed E-state index contributed by atoms with van der Waals surface area (Å²) in [7, 11) is 0. The van der Waals surface area contributed by atoms with Crippen LogP contribution in [0, 0.1) is 5.92 Å². The summed E-state index contributed by atoms with van der Waals surface area (Å²) in [5.74, 6) is 0.604. The van der Waals surface area contributed by atoms with Gasteiger partial charge in [0, 0.05) is 0 Å². The third-order valence-electron chi connectivity index (χ3n) is 3.01. The summed E-state index contributed by atoms with van der Waals surface area (Å²) in [5.41, 5.74) is -0.650. The molecule has 1 N–H and O–H groups in total. The number of hydrogen-bond acceptors (Lipinski definition) is 2. The average Bonchev–Trinajstić information content (AvgIpc) is 2.51. The summed E-state index contributed by atoms with van der Waals surface area (Å²) in [6.07, 6.45) is 4.04. The van der Waals surface area contributed by atoms with Crippen LogP contribution in [-0.2, 0) is 5.60 Å². The second-order valence-electron chi connectivity index (χ2n) is 4.33. The molecule has 0 spiro atoms. The zero-order valence-electron chi connectivity index (χ0n) is 8.29. The van der Waals surface area contributed by atoms with Gasteiger partial charge in [0.15, 0.2) is 0 Å². The van der Waals surface area contributed by atoms with Gasteiger partial charge in [0.25, 0.3) is 0 Å². The Kier molecular flexibility index (Phi) is 2.87. The third kappa shape index (κ3) is 1.83. The molecule has 2 rings (SSSR count). The van der Waals surface area contributed by atoms with E-state index in [0.29, 0.717) is 5.92 Å². The monoisotopic (exact) mass is 230 g/mol. The van der Waals surface area contributed by atoms with Crippen molar-refractivity contribution in [2.75, 3.05) is 0 Å². The van der Waals surface area contributed by atoms with Crippen molar-refractivity contribution >= 4 is 22.9 Å². The molecule has 78 valence electrons. The molecule has 1 aliphatic carbocycles. The molecule has 1 aliphatic rings. The molecule has 0 aliphatic heterocycles. The minimum atomic E-state index is -0.650. The lowest BCUT2D eigenvalue weighted by Crippen LogP contribution is -2.31. The number of rotatable bonds is 1. The van der Waals surface area contributed by atoms with E-state index >= 15 is 0 Å². The second-order valence-corrected chi connectivity index (χ2v) is 5.65. The Morgan fingerprint density at radius 3 is 3.00 bits per heavy atom. The van der Waals surface area contributed by atoms with E-state index in [0.717, 1.165) is 29.2 Å². The predicted molar refractivity (Wildman–Crippen MR) is 60.9 cm³/mol. The molecule has 0 aromatic carbocycles. The molecule has 0 amide bonds. The Hall–Kier alpha value is -0.0500. The Bertz CT molecular complexity index is 323. The van der Waals surface area contributed by atoms with Crippen LogP contribution in [0.15, 0.2) is 11.4 Å². The van der Waals surface area contributed by atoms with E-state index in [1.807, 2.05) is 11.4 Å². The summed E-state index contributed by atoms with van der Waals surface area (Å²) < 4.78 is 0. The maximum atomic E-state index is 10.5. The number of hydrogen-bond donors (Lipinski definition) is 1. The maximum Gasteiger partial charge on any atom is 0.100 e. The molecule has 3 heteroatoms. The van der Waals surface area contributed by atoms with Gasteiger partial charge in [-0.25, -0.2) is 0 Å². The van der Waals surface area contributed by atoms with Crippen LogP contribution in [0.4, 0.5) is 0 Å². The van der Waals surface area contributed by atoms with E-state index in [1.54, 1.807) is 11.3 Å². The van der Waals surface area contributed by atoms with Crippen molar-refractivity contribution in [3.8, 4) is 0 Å². The first-order chi connectivity index (χ1) is 6.62. The Morgan fingerprint density at radius 2 is 2.43 bits per heavy atom. The van der Waals surface area contributed by atoms with Gasteiger partial charge in [-0.2, -0.15) is 0 Å². The number of thiophene rings is 1. The van der Waals surface area contributed by atoms with E-state index in [2.05, 4.69) is 6.92 Å². The molecule has 0 radical (unpaired) electrons. The van der Waals surface area contributed by atoms with Gasteiger partial charge in [-0.1, -0.05) is 24.9 Å². The summed E-state index contributed by atoms with van der Waals surface area (Å²) >= 11 is 7.64. The molecule has 14 heavy (non-hydrogen) atoms. The Morgan fingerprint density at radius 1 is 1.64 bits per heavy atom. The fraction of sp³-hybridized carbons (Fsp3) is 0.636. The van der Waals surface area contributed by atoms with Crippen LogP contribution >= 0.6 is 22.9 Å². The van der Waals surface area contributed by atoms with Gasteiger partial charge in [0.1, 0.15) is 5.60 Å². The molecular formula is C11H15ClOS. The Labute approximate surface area is 93.7 Å². The van der Waals surface area contributed by atoms with Crippen molar-refractivity contribution in [1.82, 2.24) is 0 Å². The lowest BCUT2D eigenvalue weighted by atomic mass is 9.78. The van der Waals surface area contributed by atoms with Gasteiger partial charge in [0.2, 0.25) is 0 Å². The highest BCUT2D eigenvalue weighted by Gasteiger charge is 2.36. The third-order valence-corrected chi connectivity index (χ3v) is 4.55. The maximum absolute atomic E-state index is 10.5. The fourth-order valence-corrected chi connectivity index (χ4v) is 3.73. The Balaban J connectivity index is 2.27. The van der Waals surface area contributed by atoms with Crippen molar-refractivity contribution in [2.24, 2.45) is 5.92 Å². The van der Waals surface area contributed by atoms with E-state index in [9.17, 15) is 5.11 Å². The van der Waals surface area contributed by atoms with Crippen molar-refractivity contribution in [1.29, 1.82) is 0 Å². The molecule has 1 fully saturated rings. The quantitative estimate of drug-likeness (QED) is 0.778. The minimum absolute atomic E-state index is 0.604. The smallest absolute Gasteiger partial charge is 0.100 e. The van der Waals surface area contributed by atoms with Crippen LogP contribution in [0.5, 0.6) is 0 Å². The summed E-state index contributed by atoms with van der Waals surface area (Å²) in [6, 6.07) is 1.87. The molecule has 2 unspecified atom stereocenters. The fourth-order valence-electron chi connectivity index (χ4n) is 2.36. The first kappa shape index (κ1) is 10.5. The van der Waals surface area contributed by atoms with Gasteiger partial charge < -0.3 is 5.11 Å². The first-order valence-electron chi connectivity index (χ1n) is 5.08. The highest BCUT2D eigenvalue weighted by atomic mass is 35.5. The molecule has 1 heterocycles.